The number of hydrogen-bond acceptors (Lipinski definition) is 3. The van der Waals surface area contributed by atoms with Gasteiger partial charge in [0.05, 0.1) is 11.0 Å². The molecule has 0 aliphatic heterocycles. The van der Waals surface area contributed by atoms with Crippen molar-refractivity contribution in [2.24, 2.45) is 0 Å². The maximum Gasteiger partial charge on any atom is 0.255 e. The van der Waals surface area contributed by atoms with Gasteiger partial charge in [-0.2, -0.15) is 0 Å². The Morgan fingerprint density at radius 1 is 1.10 bits per heavy atom. The summed E-state index contributed by atoms with van der Waals surface area (Å²) >= 11 is 6.04. The number of nitrogens with two attached hydrogens (primary N) is 1. The van der Waals surface area contributed by atoms with Gasteiger partial charge in [-0.1, -0.05) is 41.9 Å². The fourth-order valence-corrected chi connectivity index (χ4v) is 3.65. The zero-order valence-corrected chi connectivity index (χ0v) is 17.5. The molecule has 3 aromatic carbocycles. The highest BCUT2D eigenvalue weighted by Crippen LogP contribution is 2.23. The molecule has 1 amide bonds. The van der Waals surface area contributed by atoms with Crippen molar-refractivity contribution in [1.82, 2.24) is 9.55 Å². The Kier molecular flexibility index (Phi) is 5.72. The second-order valence-corrected chi connectivity index (χ2v) is 7.74. The number of nitrogen functional groups attached to an aromatic ring is 1. The molecule has 0 atom stereocenters. The third kappa shape index (κ3) is 4.31. The number of imidazole rings is 1. The monoisotopic (exact) mass is 418 g/mol. The van der Waals surface area contributed by atoms with Crippen LogP contribution in [0.1, 0.15) is 27.9 Å². The van der Waals surface area contributed by atoms with Gasteiger partial charge in [0.2, 0.25) is 5.95 Å². The predicted octanol–water partition coefficient (Wildman–Crippen LogP) is 5.47. The summed E-state index contributed by atoms with van der Waals surface area (Å²) < 4.78 is 2.02. The smallest absolute Gasteiger partial charge is 0.255 e. The van der Waals surface area contributed by atoms with Gasteiger partial charge < -0.3 is 15.6 Å². The van der Waals surface area contributed by atoms with Crippen molar-refractivity contribution in [1.29, 1.82) is 0 Å². The number of benzene rings is 3. The number of anilines is 2. The zero-order chi connectivity index (χ0) is 21.1. The summed E-state index contributed by atoms with van der Waals surface area (Å²) in [5.74, 6) is 0.291. The Balaban J connectivity index is 1.48. The Morgan fingerprint density at radius 2 is 1.90 bits per heavy atom. The topological polar surface area (TPSA) is 72.9 Å². The van der Waals surface area contributed by atoms with Crippen molar-refractivity contribution in [2.75, 3.05) is 11.1 Å². The highest BCUT2D eigenvalue weighted by atomic mass is 35.5. The first-order valence-corrected chi connectivity index (χ1v) is 10.3. The van der Waals surface area contributed by atoms with E-state index in [-0.39, 0.29) is 5.91 Å². The molecule has 6 heteroatoms. The Hall–Kier alpha value is -3.31. The molecule has 0 radical (unpaired) electrons. The van der Waals surface area contributed by atoms with Crippen LogP contribution in [0.25, 0.3) is 11.0 Å². The fourth-order valence-electron chi connectivity index (χ4n) is 3.54. The SMILES string of the molecule is Cc1cc(C(=O)Nc2ccc3c(c2)nc(N)n3CCCc2ccccc2)ccc1Cl. The van der Waals surface area contributed by atoms with Crippen LogP contribution in [0.2, 0.25) is 5.02 Å². The van der Waals surface area contributed by atoms with Gasteiger partial charge >= 0.3 is 0 Å². The predicted molar refractivity (Wildman–Crippen MR) is 123 cm³/mol. The number of halogens is 1. The molecule has 152 valence electrons. The quantitative estimate of drug-likeness (QED) is 0.436. The van der Waals surface area contributed by atoms with E-state index in [9.17, 15) is 4.79 Å². The summed E-state index contributed by atoms with van der Waals surface area (Å²) in [7, 11) is 0. The summed E-state index contributed by atoms with van der Waals surface area (Å²) in [4.78, 5) is 17.0. The average molecular weight is 419 g/mol. The van der Waals surface area contributed by atoms with E-state index in [2.05, 4.69) is 34.6 Å². The van der Waals surface area contributed by atoms with E-state index in [1.54, 1.807) is 18.2 Å². The number of aryl methyl sites for hydroxylation is 3. The van der Waals surface area contributed by atoms with E-state index >= 15 is 0 Å². The van der Waals surface area contributed by atoms with Gasteiger partial charge in [-0.3, -0.25) is 4.79 Å². The molecule has 3 N–H and O–H groups in total. The number of aromatic nitrogens is 2. The van der Waals surface area contributed by atoms with E-state index in [1.165, 1.54) is 5.56 Å². The van der Waals surface area contributed by atoms with Crippen LogP contribution in [0.15, 0.2) is 66.7 Å². The summed E-state index contributed by atoms with van der Waals surface area (Å²) in [6.07, 6.45) is 1.95. The van der Waals surface area contributed by atoms with Crippen molar-refractivity contribution in [3.63, 3.8) is 0 Å². The Morgan fingerprint density at radius 3 is 2.67 bits per heavy atom. The largest absolute Gasteiger partial charge is 0.369 e. The van der Waals surface area contributed by atoms with E-state index in [1.807, 2.05) is 35.8 Å². The van der Waals surface area contributed by atoms with Crippen LogP contribution in [0.3, 0.4) is 0 Å². The molecule has 0 fully saturated rings. The van der Waals surface area contributed by atoms with Crippen LogP contribution >= 0.6 is 11.6 Å². The van der Waals surface area contributed by atoms with Crippen LogP contribution in [-0.2, 0) is 13.0 Å². The second kappa shape index (κ2) is 8.59. The van der Waals surface area contributed by atoms with E-state index in [4.69, 9.17) is 17.3 Å². The summed E-state index contributed by atoms with van der Waals surface area (Å²) in [5.41, 5.74) is 11.3. The molecule has 1 heterocycles. The van der Waals surface area contributed by atoms with Crippen molar-refractivity contribution in [3.8, 4) is 0 Å². The third-order valence-electron chi connectivity index (χ3n) is 5.15. The Bertz CT molecular complexity index is 1200. The minimum absolute atomic E-state index is 0.190. The molecule has 1 aromatic heterocycles. The number of carbonyl (C=O) groups excluding carboxylic acids is 1. The van der Waals surface area contributed by atoms with E-state index in [0.29, 0.717) is 22.2 Å². The van der Waals surface area contributed by atoms with Crippen LogP contribution in [0, 0.1) is 6.92 Å². The molecule has 0 spiro atoms. The van der Waals surface area contributed by atoms with E-state index < -0.39 is 0 Å². The summed E-state index contributed by atoms with van der Waals surface area (Å²) in [5, 5.41) is 3.56. The number of hydrogen-bond donors (Lipinski definition) is 2. The molecule has 0 saturated carbocycles. The first-order valence-electron chi connectivity index (χ1n) is 9.88. The number of nitrogens with zero attached hydrogens (tertiary/aromatic N) is 2. The van der Waals surface area contributed by atoms with Gasteiger partial charge in [0.1, 0.15) is 0 Å². The average Bonchev–Trinajstić information content (AvgIpc) is 3.05. The lowest BCUT2D eigenvalue weighted by atomic mass is 10.1. The molecular formula is C24H23ClN4O. The lowest BCUT2D eigenvalue weighted by Crippen LogP contribution is -2.12. The highest BCUT2D eigenvalue weighted by molar-refractivity contribution is 6.31. The van der Waals surface area contributed by atoms with Crippen molar-refractivity contribution in [2.45, 2.75) is 26.3 Å². The Labute approximate surface area is 180 Å². The minimum atomic E-state index is -0.190. The maximum atomic E-state index is 12.6. The molecular weight excluding hydrogens is 396 g/mol. The molecule has 0 aliphatic carbocycles. The van der Waals surface area contributed by atoms with Gasteiger partial charge in [-0.05, 0) is 67.3 Å². The molecule has 5 nitrogen and oxygen atoms in total. The molecule has 4 aromatic rings. The molecule has 0 unspecified atom stereocenters. The first kappa shape index (κ1) is 20.0. The van der Waals surface area contributed by atoms with Crippen molar-refractivity contribution < 1.29 is 4.79 Å². The second-order valence-electron chi connectivity index (χ2n) is 7.33. The summed E-state index contributed by atoms with van der Waals surface area (Å²) in [6, 6.07) is 21.3. The number of carbonyl (C=O) groups is 1. The van der Waals surface area contributed by atoms with Crippen LogP contribution in [0.4, 0.5) is 11.6 Å². The number of rotatable bonds is 6. The zero-order valence-electron chi connectivity index (χ0n) is 16.7. The van der Waals surface area contributed by atoms with Crippen molar-refractivity contribution >= 4 is 40.2 Å². The standard InChI is InChI=1S/C24H23ClN4O/c1-16-14-18(9-11-20(16)25)23(30)27-19-10-12-22-21(15-19)28-24(26)29(22)13-5-8-17-6-3-2-4-7-17/h2-4,6-7,9-12,14-15H,5,8,13H2,1H3,(H2,26,28)(H,27,30). The lowest BCUT2D eigenvalue weighted by Gasteiger charge is -2.08. The van der Waals surface area contributed by atoms with Crippen LogP contribution in [0.5, 0.6) is 0 Å². The number of fused-ring (bicyclic) bond motifs is 1. The van der Waals surface area contributed by atoms with Gasteiger partial charge in [0, 0.05) is 22.8 Å². The third-order valence-corrected chi connectivity index (χ3v) is 5.57. The lowest BCUT2D eigenvalue weighted by molar-refractivity contribution is 0.102. The molecule has 30 heavy (non-hydrogen) atoms. The summed E-state index contributed by atoms with van der Waals surface area (Å²) in [6.45, 7) is 2.66. The van der Waals surface area contributed by atoms with Crippen LogP contribution in [-0.4, -0.2) is 15.5 Å². The molecule has 0 bridgehead atoms. The first-order chi connectivity index (χ1) is 14.5. The fraction of sp³-hybridized carbons (Fsp3) is 0.167. The molecule has 4 rings (SSSR count). The molecule has 0 aliphatic rings. The normalized spacial score (nSPS) is 11.0. The van der Waals surface area contributed by atoms with Gasteiger partial charge in [-0.25, -0.2) is 4.98 Å². The van der Waals surface area contributed by atoms with E-state index in [0.717, 1.165) is 36.0 Å². The van der Waals surface area contributed by atoms with Gasteiger partial charge in [0.25, 0.3) is 5.91 Å². The number of amides is 1. The van der Waals surface area contributed by atoms with Gasteiger partial charge in [-0.15, -0.1) is 0 Å². The van der Waals surface area contributed by atoms with Crippen LogP contribution < -0.4 is 11.1 Å². The number of nitrogens with one attached hydrogen (secondary N) is 1. The molecule has 0 saturated heterocycles. The highest BCUT2D eigenvalue weighted by Gasteiger charge is 2.12. The van der Waals surface area contributed by atoms with Gasteiger partial charge in [0.15, 0.2) is 0 Å². The minimum Gasteiger partial charge on any atom is -0.369 e. The maximum absolute atomic E-state index is 12.6. The van der Waals surface area contributed by atoms with Crippen molar-refractivity contribution in [3.05, 3.63) is 88.4 Å².